The molecule has 0 aliphatic heterocycles. The largest absolute Gasteiger partial charge is 0.385 e. The molecule has 3 rings (SSSR count). The van der Waals surface area contributed by atoms with Gasteiger partial charge in [0.1, 0.15) is 17.4 Å². The highest BCUT2D eigenvalue weighted by molar-refractivity contribution is 6.30. The monoisotopic (exact) mass is 357 g/mol. The van der Waals surface area contributed by atoms with Gasteiger partial charge in [-0.2, -0.15) is 0 Å². The third-order valence-corrected chi connectivity index (χ3v) is 3.90. The Bertz CT molecular complexity index is 861. The fraction of sp³-hybridized carbons (Fsp3) is 0.167. The summed E-state index contributed by atoms with van der Waals surface area (Å²) in [6.45, 7) is 1.84. The van der Waals surface area contributed by atoms with Crippen LogP contribution in [0.2, 0.25) is 5.02 Å². The molecule has 0 saturated heterocycles. The lowest BCUT2D eigenvalue weighted by molar-refractivity contribution is 0.0938. The van der Waals surface area contributed by atoms with Crippen molar-refractivity contribution in [1.29, 1.82) is 0 Å². The number of rotatable bonds is 5. The Balaban J connectivity index is 1.91. The Morgan fingerprint density at radius 2 is 1.92 bits per heavy atom. The lowest BCUT2D eigenvalue weighted by Crippen LogP contribution is -2.24. The van der Waals surface area contributed by atoms with E-state index in [2.05, 4.69) is 15.5 Å². The molecule has 3 aromatic rings. The molecule has 0 spiro atoms. The zero-order valence-electron chi connectivity index (χ0n) is 13.4. The van der Waals surface area contributed by atoms with Crippen LogP contribution in [0.5, 0.6) is 0 Å². The molecule has 0 fully saturated rings. The Hall–Kier alpha value is -2.70. The third kappa shape index (κ3) is 3.87. The number of aromatic nitrogens is 2. The molecular weight excluding hydrogens is 342 g/mol. The van der Waals surface area contributed by atoms with Crippen molar-refractivity contribution in [1.82, 2.24) is 15.5 Å². The lowest BCUT2D eigenvalue weighted by atomic mass is 10.0. The molecule has 6 nitrogen and oxygen atoms in total. The van der Waals surface area contributed by atoms with Gasteiger partial charge >= 0.3 is 0 Å². The zero-order chi connectivity index (χ0) is 17.8. The summed E-state index contributed by atoms with van der Waals surface area (Å²) in [7, 11) is 0. The molecule has 2 N–H and O–H groups in total. The summed E-state index contributed by atoms with van der Waals surface area (Å²) in [5.41, 5.74) is 2.16. The van der Waals surface area contributed by atoms with E-state index in [1.54, 1.807) is 36.7 Å². The van der Waals surface area contributed by atoms with Gasteiger partial charge in [-0.3, -0.25) is 9.78 Å². The Morgan fingerprint density at radius 3 is 2.56 bits per heavy atom. The quantitative estimate of drug-likeness (QED) is 0.730. The highest BCUT2D eigenvalue weighted by atomic mass is 35.5. The van der Waals surface area contributed by atoms with Crippen LogP contribution >= 0.6 is 11.6 Å². The van der Waals surface area contributed by atoms with Crippen molar-refractivity contribution in [3.63, 3.8) is 0 Å². The van der Waals surface area contributed by atoms with Gasteiger partial charge in [-0.25, -0.2) is 0 Å². The van der Waals surface area contributed by atoms with E-state index >= 15 is 0 Å². The SMILES string of the molecule is CC(O)c1onc(-c2ccc(Cl)cc2)c1C(=O)NCc1ccncc1. The second kappa shape index (κ2) is 7.46. The number of carbonyl (C=O) groups excluding carboxylic acids is 1. The lowest BCUT2D eigenvalue weighted by Gasteiger charge is -2.08. The number of hydrogen-bond acceptors (Lipinski definition) is 5. The predicted octanol–water partition coefficient (Wildman–Crippen LogP) is 3.37. The normalized spacial score (nSPS) is 12.0. The number of amides is 1. The fourth-order valence-corrected chi connectivity index (χ4v) is 2.51. The van der Waals surface area contributed by atoms with Crippen molar-refractivity contribution in [3.05, 3.63) is 70.7 Å². The van der Waals surface area contributed by atoms with Crippen LogP contribution in [0, 0.1) is 0 Å². The topological polar surface area (TPSA) is 88.2 Å². The highest BCUT2D eigenvalue weighted by Gasteiger charge is 2.26. The first kappa shape index (κ1) is 17.1. The van der Waals surface area contributed by atoms with Crippen molar-refractivity contribution in [2.45, 2.75) is 19.6 Å². The number of benzene rings is 1. The molecule has 0 bridgehead atoms. The van der Waals surface area contributed by atoms with Gasteiger partial charge in [-0.05, 0) is 36.8 Å². The van der Waals surface area contributed by atoms with E-state index < -0.39 is 6.10 Å². The van der Waals surface area contributed by atoms with E-state index in [9.17, 15) is 9.90 Å². The first-order chi connectivity index (χ1) is 12.1. The summed E-state index contributed by atoms with van der Waals surface area (Å²) >= 11 is 5.91. The maximum absolute atomic E-state index is 12.7. The van der Waals surface area contributed by atoms with Gasteiger partial charge in [0.25, 0.3) is 5.91 Å². The van der Waals surface area contributed by atoms with E-state index in [0.717, 1.165) is 5.56 Å². The Kier molecular flexibility index (Phi) is 5.11. The van der Waals surface area contributed by atoms with E-state index in [0.29, 0.717) is 22.8 Å². The number of aliphatic hydroxyl groups excluding tert-OH is 1. The van der Waals surface area contributed by atoms with E-state index in [1.165, 1.54) is 6.92 Å². The third-order valence-electron chi connectivity index (χ3n) is 3.65. The smallest absolute Gasteiger partial charge is 0.257 e. The maximum atomic E-state index is 12.7. The summed E-state index contributed by atoms with van der Waals surface area (Å²) in [6, 6.07) is 10.5. The van der Waals surface area contributed by atoms with Gasteiger partial charge in [-0.15, -0.1) is 0 Å². The number of carbonyl (C=O) groups is 1. The minimum absolute atomic E-state index is 0.122. The second-order valence-corrected chi connectivity index (χ2v) is 5.93. The van der Waals surface area contributed by atoms with Crippen LogP contribution in [0.1, 0.15) is 34.7 Å². The number of halogens is 1. The molecule has 1 unspecified atom stereocenters. The summed E-state index contributed by atoms with van der Waals surface area (Å²) in [5.74, 6) is -0.254. The molecule has 128 valence electrons. The van der Waals surface area contributed by atoms with Gasteiger partial charge < -0.3 is 14.9 Å². The molecule has 2 aromatic heterocycles. The van der Waals surface area contributed by atoms with Crippen LogP contribution in [0.4, 0.5) is 0 Å². The summed E-state index contributed by atoms with van der Waals surface area (Å²) in [5, 5.41) is 17.3. The Labute approximate surface area is 149 Å². The maximum Gasteiger partial charge on any atom is 0.257 e. The van der Waals surface area contributed by atoms with Crippen LogP contribution < -0.4 is 5.32 Å². The molecular formula is C18H16ClN3O3. The van der Waals surface area contributed by atoms with Gasteiger partial charge in [-0.1, -0.05) is 28.9 Å². The minimum Gasteiger partial charge on any atom is -0.385 e. The van der Waals surface area contributed by atoms with Crippen molar-refractivity contribution in [2.24, 2.45) is 0 Å². The molecule has 0 aliphatic carbocycles. The molecule has 0 saturated carbocycles. The molecule has 0 radical (unpaired) electrons. The molecule has 0 aliphatic rings. The Morgan fingerprint density at radius 1 is 1.24 bits per heavy atom. The first-order valence-corrected chi connectivity index (χ1v) is 8.04. The molecule has 25 heavy (non-hydrogen) atoms. The second-order valence-electron chi connectivity index (χ2n) is 5.49. The molecule has 1 atom stereocenters. The average Bonchev–Trinajstić information content (AvgIpc) is 3.06. The van der Waals surface area contributed by atoms with Crippen LogP contribution in [-0.4, -0.2) is 21.2 Å². The van der Waals surface area contributed by atoms with E-state index in [-0.39, 0.29) is 17.2 Å². The number of nitrogens with one attached hydrogen (secondary N) is 1. The van der Waals surface area contributed by atoms with Crippen LogP contribution in [0.25, 0.3) is 11.3 Å². The predicted molar refractivity (Wildman–Crippen MR) is 93.0 cm³/mol. The zero-order valence-corrected chi connectivity index (χ0v) is 14.2. The number of pyridine rings is 1. The van der Waals surface area contributed by atoms with Crippen molar-refractivity contribution < 1.29 is 14.4 Å². The van der Waals surface area contributed by atoms with Crippen molar-refractivity contribution in [2.75, 3.05) is 0 Å². The van der Waals surface area contributed by atoms with Gasteiger partial charge in [0, 0.05) is 29.5 Å². The number of nitrogens with zero attached hydrogens (tertiary/aromatic N) is 2. The van der Waals surface area contributed by atoms with Crippen LogP contribution in [0.15, 0.2) is 53.3 Å². The van der Waals surface area contributed by atoms with Crippen LogP contribution in [-0.2, 0) is 6.54 Å². The molecule has 7 heteroatoms. The fourth-order valence-electron chi connectivity index (χ4n) is 2.38. The van der Waals surface area contributed by atoms with Crippen molar-refractivity contribution in [3.8, 4) is 11.3 Å². The first-order valence-electron chi connectivity index (χ1n) is 7.67. The van der Waals surface area contributed by atoms with E-state index in [1.807, 2.05) is 12.1 Å². The summed E-state index contributed by atoms with van der Waals surface area (Å²) in [4.78, 5) is 16.6. The van der Waals surface area contributed by atoms with Gasteiger partial charge in [0.2, 0.25) is 0 Å². The van der Waals surface area contributed by atoms with Gasteiger partial charge in [0.05, 0.1) is 0 Å². The summed E-state index contributed by atoms with van der Waals surface area (Å²) < 4.78 is 5.21. The summed E-state index contributed by atoms with van der Waals surface area (Å²) in [6.07, 6.45) is 2.35. The number of aliphatic hydroxyl groups is 1. The minimum atomic E-state index is -0.963. The molecule has 1 amide bonds. The molecule has 1 aromatic carbocycles. The van der Waals surface area contributed by atoms with E-state index in [4.69, 9.17) is 16.1 Å². The van der Waals surface area contributed by atoms with Crippen molar-refractivity contribution >= 4 is 17.5 Å². The average molecular weight is 358 g/mol. The standard InChI is InChI=1S/C18H16ClN3O3/c1-11(23)17-15(18(24)21-10-12-6-8-20-9-7-12)16(22-25-17)13-2-4-14(19)5-3-13/h2-9,11,23H,10H2,1H3,(H,21,24). The van der Waals surface area contributed by atoms with Crippen LogP contribution in [0.3, 0.4) is 0 Å². The molecule has 2 heterocycles. The number of hydrogen-bond donors (Lipinski definition) is 2. The highest BCUT2D eigenvalue weighted by Crippen LogP contribution is 2.29. The van der Waals surface area contributed by atoms with Gasteiger partial charge in [0.15, 0.2) is 5.76 Å².